The number of aromatic amines is 1. The third-order valence-electron chi connectivity index (χ3n) is 3.53. The maximum atomic E-state index is 11.9. The van der Waals surface area contributed by atoms with Crippen molar-refractivity contribution in [3.8, 4) is 0 Å². The van der Waals surface area contributed by atoms with E-state index >= 15 is 0 Å². The molecule has 0 aliphatic rings. The van der Waals surface area contributed by atoms with Crippen molar-refractivity contribution >= 4 is 35.7 Å². The average Bonchev–Trinajstić information content (AvgIpc) is 3.09. The van der Waals surface area contributed by atoms with Gasteiger partial charge in [0.25, 0.3) is 0 Å². The monoisotopic (exact) mass is 376 g/mol. The van der Waals surface area contributed by atoms with Gasteiger partial charge < -0.3 is 15.6 Å². The predicted octanol–water partition coefficient (Wildman–Crippen LogP) is 4.40. The van der Waals surface area contributed by atoms with Crippen molar-refractivity contribution in [2.45, 2.75) is 13.0 Å². The average molecular weight is 377 g/mol. The van der Waals surface area contributed by atoms with Gasteiger partial charge in [-0.2, -0.15) is 0 Å². The molecule has 2 amide bonds. The number of hydrogen-bond donors (Lipinski definition) is 3. The van der Waals surface area contributed by atoms with Gasteiger partial charge in [0.15, 0.2) is 0 Å². The molecule has 0 saturated heterocycles. The molecule has 0 radical (unpaired) electrons. The molecule has 2 aromatic carbocycles. The van der Waals surface area contributed by atoms with Crippen LogP contribution in [0.1, 0.15) is 16.8 Å². The SMILES string of the molecule is Cl.O=C(NCc1ccc(Cc2cnc[nH]2)cc1)Nc1ccc(Cl)cc1. The van der Waals surface area contributed by atoms with E-state index in [1.54, 1.807) is 30.6 Å². The van der Waals surface area contributed by atoms with Crippen molar-refractivity contribution in [3.05, 3.63) is 82.9 Å². The molecule has 130 valence electrons. The maximum Gasteiger partial charge on any atom is 0.319 e. The number of aromatic nitrogens is 2. The number of H-pyrrole nitrogens is 1. The molecule has 0 aliphatic carbocycles. The summed E-state index contributed by atoms with van der Waals surface area (Å²) in [7, 11) is 0. The molecule has 3 aromatic rings. The first-order chi connectivity index (χ1) is 11.7. The lowest BCUT2D eigenvalue weighted by Crippen LogP contribution is -2.28. The molecule has 7 heteroatoms. The Labute approximate surface area is 157 Å². The molecule has 3 N–H and O–H groups in total. The number of benzene rings is 2. The number of nitrogens with one attached hydrogen (secondary N) is 3. The Kier molecular flexibility index (Phi) is 6.86. The highest BCUT2D eigenvalue weighted by Crippen LogP contribution is 2.13. The van der Waals surface area contributed by atoms with E-state index in [0.29, 0.717) is 17.3 Å². The van der Waals surface area contributed by atoms with Crippen LogP contribution in [0.2, 0.25) is 5.02 Å². The van der Waals surface area contributed by atoms with Crippen LogP contribution in [0.5, 0.6) is 0 Å². The normalized spacial score (nSPS) is 9.96. The van der Waals surface area contributed by atoms with E-state index < -0.39 is 0 Å². The second-order valence-corrected chi connectivity index (χ2v) is 5.82. The second-order valence-electron chi connectivity index (χ2n) is 5.38. The van der Waals surface area contributed by atoms with E-state index in [0.717, 1.165) is 17.7 Å². The summed E-state index contributed by atoms with van der Waals surface area (Å²) in [6.07, 6.45) is 4.30. The van der Waals surface area contributed by atoms with Crippen LogP contribution in [0.4, 0.5) is 10.5 Å². The highest BCUT2D eigenvalue weighted by molar-refractivity contribution is 6.30. The van der Waals surface area contributed by atoms with E-state index in [4.69, 9.17) is 11.6 Å². The molecule has 0 saturated carbocycles. The van der Waals surface area contributed by atoms with Gasteiger partial charge in [0.2, 0.25) is 0 Å². The van der Waals surface area contributed by atoms with Crippen molar-refractivity contribution in [1.82, 2.24) is 15.3 Å². The topological polar surface area (TPSA) is 69.8 Å². The fraction of sp³-hybridized carbons (Fsp3) is 0.111. The molecular formula is C18H18Cl2N4O. The maximum absolute atomic E-state index is 11.9. The Morgan fingerprint density at radius 3 is 2.36 bits per heavy atom. The van der Waals surface area contributed by atoms with Gasteiger partial charge in [-0.05, 0) is 35.4 Å². The largest absolute Gasteiger partial charge is 0.348 e. The number of rotatable bonds is 5. The number of urea groups is 1. The predicted molar refractivity (Wildman–Crippen MR) is 102 cm³/mol. The first kappa shape index (κ1) is 18.8. The van der Waals surface area contributed by atoms with Crippen LogP contribution in [-0.4, -0.2) is 16.0 Å². The zero-order valence-corrected chi connectivity index (χ0v) is 14.9. The van der Waals surface area contributed by atoms with Crippen LogP contribution in [-0.2, 0) is 13.0 Å². The molecule has 1 aromatic heterocycles. The second kappa shape index (κ2) is 9.11. The van der Waals surface area contributed by atoms with E-state index in [9.17, 15) is 4.79 Å². The van der Waals surface area contributed by atoms with Crippen LogP contribution in [0, 0.1) is 0 Å². The molecule has 1 heterocycles. The van der Waals surface area contributed by atoms with Crippen LogP contribution >= 0.6 is 24.0 Å². The minimum atomic E-state index is -0.251. The Morgan fingerprint density at radius 1 is 1.04 bits per heavy atom. The van der Waals surface area contributed by atoms with Gasteiger partial charge in [-0.3, -0.25) is 0 Å². The van der Waals surface area contributed by atoms with Gasteiger partial charge in [-0.15, -0.1) is 12.4 Å². The molecule has 0 atom stereocenters. The summed E-state index contributed by atoms with van der Waals surface area (Å²) < 4.78 is 0. The van der Waals surface area contributed by atoms with Crippen molar-refractivity contribution in [2.75, 3.05) is 5.32 Å². The van der Waals surface area contributed by atoms with E-state index in [-0.39, 0.29) is 18.4 Å². The first-order valence-corrected chi connectivity index (χ1v) is 7.92. The molecule has 0 unspecified atom stereocenters. The fourth-order valence-corrected chi connectivity index (χ4v) is 2.39. The van der Waals surface area contributed by atoms with Gasteiger partial charge in [-0.1, -0.05) is 35.9 Å². The van der Waals surface area contributed by atoms with E-state index in [1.165, 1.54) is 5.56 Å². The van der Waals surface area contributed by atoms with Crippen LogP contribution in [0.3, 0.4) is 0 Å². The Balaban J connectivity index is 0.00000225. The van der Waals surface area contributed by atoms with Crippen LogP contribution < -0.4 is 10.6 Å². The summed E-state index contributed by atoms with van der Waals surface area (Å²) in [5, 5.41) is 6.22. The molecule has 5 nitrogen and oxygen atoms in total. The number of carbonyl (C=O) groups is 1. The Hall–Kier alpha value is -2.50. The number of nitrogens with zero attached hydrogens (tertiary/aromatic N) is 1. The minimum absolute atomic E-state index is 0. The number of halogens is 2. The minimum Gasteiger partial charge on any atom is -0.348 e. The molecular weight excluding hydrogens is 359 g/mol. The van der Waals surface area contributed by atoms with Gasteiger partial charge in [-0.25, -0.2) is 9.78 Å². The molecule has 3 rings (SSSR count). The number of amides is 2. The standard InChI is InChI=1S/C18H17ClN4O.ClH/c19-15-5-7-16(8-6-15)23-18(24)21-10-14-3-1-13(2-4-14)9-17-11-20-12-22-17;/h1-8,11-12H,9-10H2,(H,20,22)(H2,21,23,24);1H. The highest BCUT2D eigenvalue weighted by Gasteiger charge is 2.03. The molecule has 25 heavy (non-hydrogen) atoms. The van der Waals surface area contributed by atoms with Crippen LogP contribution in [0.15, 0.2) is 61.1 Å². The summed E-state index contributed by atoms with van der Waals surface area (Å²) >= 11 is 5.81. The highest BCUT2D eigenvalue weighted by atomic mass is 35.5. The van der Waals surface area contributed by atoms with Crippen molar-refractivity contribution in [3.63, 3.8) is 0 Å². The number of imidazole rings is 1. The summed E-state index contributed by atoms with van der Waals surface area (Å²) in [6, 6.07) is 14.8. The van der Waals surface area contributed by atoms with E-state index in [1.807, 2.05) is 18.3 Å². The third kappa shape index (κ3) is 5.81. The lowest BCUT2D eigenvalue weighted by molar-refractivity contribution is 0.251. The Bertz CT molecular complexity index is 787. The molecule has 0 spiro atoms. The molecule has 0 bridgehead atoms. The van der Waals surface area contributed by atoms with Crippen molar-refractivity contribution in [1.29, 1.82) is 0 Å². The summed E-state index contributed by atoms with van der Waals surface area (Å²) in [4.78, 5) is 19.0. The lowest BCUT2D eigenvalue weighted by atomic mass is 10.1. The van der Waals surface area contributed by atoms with Gasteiger partial charge in [0, 0.05) is 35.6 Å². The fourth-order valence-electron chi connectivity index (χ4n) is 2.27. The van der Waals surface area contributed by atoms with Gasteiger partial charge in [0.05, 0.1) is 6.33 Å². The zero-order chi connectivity index (χ0) is 16.8. The van der Waals surface area contributed by atoms with Crippen molar-refractivity contribution in [2.24, 2.45) is 0 Å². The van der Waals surface area contributed by atoms with Gasteiger partial charge >= 0.3 is 6.03 Å². The summed E-state index contributed by atoms with van der Waals surface area (Å²) in [6.45, 7) is 0.462. The van der Waals surface area contributed by atoms with E-state index in [2.05, 4.69) is 32.7 Å². The summed E-state index contributed by atoms with van der Waals surface area (Å²) in [5.41, 5.74) is 4.00. The number of carbonyl (C=O) groups excluding carboxylic acids is 1. The smallest absolute Gasteiger partial charge is 0.319 e. The number of anilines is 1. The summed E-state index contributed by atoms with van der Waals surface area (Å²) in [5.74, 6) is 0. The first-order valence-electron chi connectivity index (χ1n) is 7.54. The molecule has 0 fully saturated rings. The lowest BCUT2D eigenvalue weighted by Gasteiger charge is -2.08. The Morgan fingerprint density at radius 2 is 1.72 bits per heavy atom. The zero-order valence-electron chi connectivity index (χ0n) is 13.3. The third-order valence-corrected chi connectivity index (χ3v) is 3.78. The molecule has 0 aliphatic heterocycles. The van der Waals surface area contributed by atoms with Gasteiger partial charge in [0.1, 0.15) is 0 Å². The van der Waals surface area contributed by atoms with Crippen LogP contribution in [0.25, 0.3) is 0 Å². The quantitative estimate of drug-likeness (QED) is 0.617. The van der Waals surface area contributed by atoms with Crippen molar-refractivity contribution < 1.29 is 4.79 Å². The number of hydrogen-bond acceptors (Lipinski definition) is 2.